The lowest BCUT2D eigenvalue weighted by atomic mass is 10.3. The lowest BCUT2D eigenvalue weighted by Crippen LogP contribution is -2.07. The molecular weight excluding hydrogens is 299 g/mol. The molecule has 22 heavy (non-hydrogen) atoms. The van der Waals surface area contributed by atoms with Crippen molar-refractivity contribution < 1.29 is 45.7 Å². The van der Waals surface area contributed by atoms with Gasteiger partial charge in [-0.3, -0.25) is 0 Å². The maximum Gasteiger partial charge on any atom is 0.631 e. The van der Waals surface area contributed by atoms with Gasteiger partial charge in [-0.1, -0.05) is 0 Å². The van der Waals surface area contributed by atoms with Crippen LogP contribution in [-0.4, -0.2) is 71.9 Å². The van der Waals surface area contributed by atoms with E-state index in [2.05, 4.69) is 35.5 Å². The molecule has 0 aliphatic rings. The third-order valence-corrected chi connectivity index (χ3v) is 0.820. The quantitative estimate of drug-likeness (QED) is 0.122. The minimum atomic E-state index is -2.17. The van der Waals surface area contributed by atoms with E-state index in [1.807, 2.05) is 0 Å². The summed E-state index contributed by atoms with van der Waals surface area (Å²) in [5, 5.41) is 69.1. The summed E-state index contributed by atoms with van der Waals surface area (Å²) in [5.41, 5.74) is 0. The van der Waals surface area contributed by atoms with Gasteiger partial charge in [0.05, 0.1) is 0 Å². The maximum atomic E-state index is 7.93. The maximum absolute atomic E-state index is 7.93. The molecule has 10 heteroatoms. The first kappa shape index (κ1) is 28.5. The van der Waals surface area contributed by atoms with E-state index in [0.717, 1.165) is 0 Å². The van der Waals surface area contributed by atoms with E-state index in [4.69, 9.17) is 45.7 Å². The Balaban J connectivity index is -0.0000000994. The molecule has 0 aliphatic carbocycles. The minimum absolute atomic E-state index is 1.46. The van der Waals surface area contributed by atoms with Gasteiger partial charge in [0, 0.05) is 0 Å². The Morgan fingerprint density at radius 1 is 0.545 bits per heavy atom. The van der Waals surface area contributed by atoms with E-state index in [-0.39, 0.29) is 0 Å². The first-order chi connectivity index (χ1) is 10.0. The Morgan fingerprint density at radius 3 is 0.682 bits per heavy atom. The van der Waals surface area contributed by atoms with E-state index >= 15 is 0 Å². The summed E-state index contributed by atoms with van der Waals surface area (Å²) >= 11 is 0. The summed E-state index contributed by atoms with van der Waals surface area (Å²) in [6, 6.07) is 0. The predicted octanol–water partition coefficient (Wildman–Crippen LogP) is -4.09. The molecule has 0 aromatic carbocycles. The normalized spacial score (nSPS) is 7.23. The van der Waals surface area contributed by atoms with Gasteiger partial charge < -0.3 is 45.7 Å². The van der Waals surface area contributed by atoms with Crippen LogP contribution in [0.15, 0.2) is 0 Å². The summed E-state index contributed by atoms with van der Waals surface area (Å²) < 4.78 is 0. The molecule has 0 saturated heterocycles. The topological polar surface area (TPSA) is 182 Å². The minimum Gasteiger partial charge on any atom is -0.402 e. The molecule has 9 nitrogen and oxygen atoms in total. The van der Waals surface area contributed by atoms with Gasteiger partial charge >= 0.3 is 7.32 Å². The largest absolute Gasteiger partial charge is 0.631 e. The van der Waals surface area contributed by atoms with Crippen LogP contribution in [0, 0.1) is 35.5 Å². The fourth-order valence-electron chi connectivity index (χ4n) is 0.387. The van der Waals surface area contributed by atoms with Crippen LogP contribution in [0.4, 0.5) is 0 Å². The summed E-state index contributed by atoms with van der Waals surface area (Å²) in [6.07, 6.45) is -4.39. The smallest absolute Gasteiger partial charge is 0.402 e. The van der Waals surface area contributed by atoms with Crippen LogP contribution < -0.4 is 0 Å². The second kappa shape index (κ2) is 24.4. The molecule has 0 heterocycles. The van der Waals surface area contributed by atoms with Gasteiger partial charge in [-0.25, -0.2) is 0 Å². The van der Waals surface area contributed by atoms with Crippen LogP contribution in [-0.2, 0) is 0 Å². The van der Waals surface area contributed by atoms with Crippen LogP contribution in [0.2, 0.25) is 0 Å². The van der Waals surface area contributed by atoms with Crippen molar-refractivity contribution in [3.8, 4) is 35.5 Å². The van der Waals surface area contributed by atoms with Gasteiger partial charge in [-0.2, -0.15) is 0 Å². The van der Waals surface area contributed by atoms with Crippen molar-refractivity contribution in [2.45, 2.75) is 39.6 Å². The highest BCUT2D eigenvalue weighted by atomic mass is 16.5. The van der Waals surface area contributed by atoms with Crippen molar-refractivity contribution in [3.05, 3.63) is 0 Å². The fraction of sp³-hybridized carbons (Fsp3) is 0.500. The van der Waals surface area contributed by atoms with Crippen LogP contribution in [0.25, 0.3) is 0 Å². The van der Waals surface area contributed by atoms with Crippen LogP contribution in [0.5, 0.6) is 0 Å². The average Bonchev–Trinajstić information content (AvgIpc) is 2.28. The van der Waals surface area contributed by atoms with Gasteiger partial charge in [-0.15, -0.1) is 17.8 Å². The van der Waals surface area contributed by atoms with E-state index in [9.17, 15) is 0 Å². The number of hydrogen-bond acceptors (Lipinski definition) is 9. The second-order valence-corrected chi connectivity index (χ2v) is 2.65. The molecule has 0 amide bonds. The zero-order valence-electron chi connectivity index (χ0n) is 12.3. The molecular formula is C12H21BO9. The number of aliphatic hydroxyl groups is 6. The van der Waals surface area contributed by atoms with E-state index in [1.54, 1.807) is 20.8 Å². The zero-order valence-corrected chi connectivity index (χ0v) is 12.3. The number of hydrogen-bond donors (Lipinski definition) is 9. The molecule has 9 N–H and O–H groups in total. The highest BCUT2D eigenvalue weighted by Crippen LogP contribution is 1.64. The van der Waals surface area contributed by atoms with Gasteiger partial charge in [0.25, 0.3) is 0 Å². The highest BCUT2D eigenvalue weighted by molar-refractivity contribution is 6.30. The van der Waals surface area contributed by atoms with Gasteiger partial charge in [0.1, 0.15) is 0 Å². The molecule has 0 saturated carbocycles. The standard InChI is InChI=1S/3C4H6O2.BH3O3/c3*1-2-3-4(5)6;2-1(3)4/h3*4-6H,1H3;2-4H. The first-order valence-electron chi connectivity index (χ1n) is 5.44. The molecule has 0 spiro atoms. The van der Waals surface area contributed by atoms with Crippen LogP contribution in [0.1, 0.15) is 20.8 Å². The van der Waals surface area contributed by atoms with Gasteiger partial charge in [-0.05, 0) is 38.5 Å². The van der Waals surface area contributed by atoms with Gasteiger partial charge in [0.2, 0.25) is 18.9 Å². The van der Waals surface area contributed by atoms with Crippen molar-refractivity contribution in [2.24, 2.45) is 0 Å². The molecule has 126 valence electrons. The number of rotatable bonds is 0. The highest BCUT2D eigenvalue weighted by Gasteiger charge is 1.92. The van der Waals surface area contributed by atoms with Crippen LogP contribution in [0.3, 0.4) is 0 Å². The molecule has 0 bridgehead atoms. The van der Waals surface area contributed by atoms with Crippen molar-refractivity contribution in [3.63, 3.8) is 0 Å². The van der Waals surface area contributed by atoms with Crippen molar-refractivity contribution in [1.29, 1.82) is 0 Å². The predicted molar refractivity (Wildman–Crippen MR) is 77.4 cm³/mol. The monoisotopic (exact) mass is 320 g/mol. The van der Waals surface area contributed by atoms with Crippen molar-refractivity contribution in [2.75, 3.05) is 0 Å². The SMILES string of the molecule is CC#CC(O)O.CC#CC(O)O.CC#CC(O)O.OB(O)O. The molecule has 0 radical (unpaired) electrons. The third kappa shape index (κ3) is 102. The Hall–Kier alpha value is -1.62. The summed E-state index contributed by atoms with van der Waals surface area (Å²) in [4.78, 5) is 0. The van der Waals surface area contributed by atoms with Gasteiger partial charge in [0.15, 0.2) is 0 Å². The summed E-state index contributed by atoms with van der Waals surface area (Å²) in [6.45, 7) is 4.62. The molecule has 0 unspecified atom stereocenters. The van der Waals surface area contributed by atoms with E-state index in [0.29, 0.717) is 0 Å². The zero-order chi connectivity index (χ0) is 18.6. The fourth-order valence-corrected chi connectivity index (χ4v) is 0.387. The molecule has 0 atom stereocenters. The van der Waals surface area contributed by atoms with E-state index < -0.39 is 26.2 Å². The molecule has 0 rings (SSSR count). The lowest BCUT2D eigenvalue weighted by Gasteiger charge is -1.82. The second-order valence-electron chi connectivity index (χ2n) is 2.65. The Labute approximate surface area is 129 Å². The number of aliphatic hydroxyl groups excluding tert-OH is 3. The van der Waals surface area contributed by atoms with Crippen molar-refractivity contribution >= 4 is 7.32 Å². The van der Waals surface area contributed by atoms with Crippen molar-refractivity contribution in [1.82, 2.24) is 0 Å². The molecule has 0 fully saturated rings. The lowest BCUT2D eigenvalue weighted by molar-refractivity contribution is 0.0101. The molecule has 0 aromatic rings. The summed E-state index contributed by atoms with van der Waals surface area (Å²) in [5.74, 6) is 13.2. The summed E-state index contributed by atoms with van der Waals surface area (Å²) in [7, 11) is -2.17. The average molecular weight is 320 g/mol. The van der Waals surface area contributed by atoms with Crippen LogP contribution >= 0.6 is 0 Å². The van der Waals surface area contributed by atoms with E-state index in [1.165, 1.54) is 0 Å². The third-order valence-electron chi connectivity index (χ3n) is 0.820. The molecule has 0 aliphatic heterocycles. The Morgan fingerprint density at radius 2 is 0.682 bits per heavy atom. The Kier molecular flexibility index (Phi) is 31.7. The Bertz CT molecular complexity index is 328. The molecule has 0 aromatic heterocycles. The first-order valence-corrected chi connectivity index (χ1v) is 5.44.